The zero-order chi connectivity index (χ0) is 12.7. The fourth-order valence-corrected chi connectivity index (χ4v) is 2.24. The molecule has 4 nitrogen and oxygen atoms in total. The molecule has 1 atom stereocenters. The van der Waals surface area contributed by atoms with E-state index in [4.69, 9.17) is 5.73 Å². The molecule has 1 saturated heterocycles. The lowest BCUT2D eigenvalue weighted by Gasteiger charge is -2.28. The van der Waals surface area contributed by atoms with E-state index in [-0.39, 0.29) is 24.0 Å². The number of nitrogens with two attached hydrogens (primary N) is 1. The largest absolute Gasteiger partial charge is 0.370 e. The van der Waals surface area contributed by atoms with Gasteiger partial charge in [-0.1, -0.05) is 13.3 Å². The Labute approximate surface area is 129 Å². The second-order valence-electron chi connectivity index (χ2n) is 5.49. The number of halogens is 1. The third-order valence-electron chi connectivity index (χ3n) is 3.03. The van der Waals surface area contributed by atoms with Gasteiger partial charge in [-0.2, -0.15) is 0 Å². The van der Waals surface area contributed by atoms with E-state index in [2.05, 4.69) is 36.0 Å². The Bertz CT molecular complexity index is 237. The minimum atomic E-state index is 0. The summed E-state index contributed by atoms with van der Waals surface area (Å²) in [4.78, 5) is 6.94. The second kappa shape index (κ2) is 9.83. The van der Waals surface area contributed by atoms with Crippen LogP contribution in [0.3, 0.4) is 0 Å². The molecule has 5 heteroatoms. The maximum Gasteiger partial charge on any atom is 0.188 e. The normalized spacial score (nSPS) is 19.4. The first-order valence-corrected chi connectivity index (χ1v) is 6.86. The fraction of sp³-hybridized carbons (Fsp3) is 0.923. The summed E-state index contributed by atoms with van der Waals surface area (Å²) < 4.78 is 0. The van der Waals surface area contributed by atoms with Gasteiger partial charge >= 0.3 is 0 Å². The van der Waals surface area contributed by atoms with Crippen molar-refractivity contribution in [3.8, 4) is 0 Å². The van der Waals surface area contributed by atoms with Crippen molar-refractivity contribution in [1.29, 1.82) is 0 Å². The molecular weight excluding hydrogens is 339 g/mol. The van der Waals surface area contributed by atoms with Crippen LogP contribution in [0.1, 0.15) is 40.0 Å². The highest BCUT2D eigenvalue weighted by Gasteiger charge is 2.13. The Kier molecular flexibility index (Phi) is 9.81. The molecule has 18 heavy (non-hydrogen) atoms. The van der Waals surface area contributed by atoms with Gasteiger partial charge in [0.15, 0.2) is 5.96 Å². The fourth-order valence-electron chi connectivity index (χ4n) is 2.24. The van der Waals surface area contributed by atoms with Crippen LogP contribution >= 0.6 is 24.0 Å². The number of rotatable bonds is 5. The number of hydrogen-bond donors (Lipinski definition) is 2. The maximum absolute atomic E-state index is 5.78. The third kappa shape index (κ3) is 8.13. The van der Waals surface area contributed by atoms with Crippen molar-refractivity contribution in [2.45, 2.75) is 46.1 Å². The zero-order valence-electron chi connectivity index (χ0n) is 12.0. The van der Waals surface area contributed by atoms with Crippen molar-refractivity contribution in [2.75, 3.05) is 26.2 Å². The van der Waals surface area contributed by atoms with Gasteiger partial charge in [0.1, 0.15) is 0 Å². The Hall–Kier alpha value is -0.0400. The van der Waals surface area contributed by atoms with E-state index < -0.39 is 0 Å². The number of piperidine rings is 1. The smallest absolute Gasteiger partial charge is 0.188 e. The summed E-state index contributed by atoms with van der Waals surface area (Å²) in [6, 6.07) is 0.358. The van der Waals surface area contributed by atoms with Crippen LogP contribution in [0.25, 0.3) is 0 Å². The lowest BCUT2D eigenvalue weighted by Crippen LogP contribution is -2.38. The van der Waals surface area contributed by atoms with E-state index in [0.717, 1.165) is 13.1 Å². The number of hydrogen-bond acceptors (Lipinski definition) is 2. The minimum absolute atomic E-state index is 0. The highest BCUT2D eigenvalue weighted by atomic mass is 127. The molecule has 0 aliphatic carbocycles. The summed E-state index contributed by atoms with van der Waals surface area (Å²) in [5.74, 6) is 1.16. The molecule has 1 unspecified atom stereocenters. The van der Waals surface area contributed by atoms with Gasteiger partial charge < -0.3 is 16.0 Å². The van der Waals surface area contributed by atoms with Crippen LogP contribution in [0.5, 0.6) is 0 Å². The lowest BCUT2D eigenvalue weighted by molar-refractivity contribution is 0.203. The Morgan fingerprint density at radius 3 is 2.39 bits per heavy atom. The SMILES string of the molecule is CC(CN=C(N)NC(C)C)CN1CCCCC1.I. The molecule has 3 N–H and O–H groups in total. The highest BCUT2D eigenvalue weighted by Crippen LogP contribution is 2.10. The summed E-state index contributed by atoms with van der Waals surface area (Å²) in [6.45, 7) is 10.9. The Morgan fingerprint density at radius 2 is 1.83 bits per heavy atom. The van der Waals surface area contributed by atoms with Crippen LogP contribution in [0, 0.1) is 5.92 Å². The van der Waals surface area contributed by atoms with E-state index in [1.165, 1.54) is 32.4 Å². The standard InChI is InChI=1S/C13H28N4.HI/c1-11(2)16-13(14)15-9-12(3)10-17-7-5-4-6-8-17;/h11-12H,4-10H2,1-3H3,(H3,14,15,16);1H. The second-order valence-corrected chi connectivity index (χ2v) is 5.49. The topological polar surface area (TPSA) is 53.6 Å². The molecule has 0 saturated carbocycles. The van der Waals surface area contributed by atoms with Gasteiger partial charge in [0.05, 0.1) is 0 Å². The van der Waals surface area contributed by atoms with Gasteiger partial charge in [-0.15, -0.1) is 24.0 Å². The first-order chi connectivity index (χ1) is 8.08. The predicted molar refractivity (Wildman–Crippen MR) is 89.6 cm³/mol. The molecule has 0 aromatic rings. The summed E-state index contributed by atoms with van der Waals surface area (Å²) in [5.41, 5.74) is 5.78. The predicted octanol–water partition coefficient (Wildman–Crippen LogP) is 2.04. The van der Waals surface area contributed by atoms with E-state index in [1.807, 2.05) is 0 Å². The number of likely N-dealkylation sites (tertiary alicyclic amines) is 1. The summed E-state index contributed by atoms with van der Waals surface area (Å²) in [6.07, 6.45) is 4.11. The van der Waals surface area contributed by atoms with E-state index >= 15 is 0 Å². The van der Waals surface area contributed by atoms with Crippen LogP contribution in [-0.4, -0.2) is 43.1 Å². The number of guanidine groups is 1. The number of nitrogens with one attached hydrogen (secondary N) is 1. The molecule has 0 amide bonds. The minimum Gasteiger partial charge on any atom is -0.370 e. The maximum atomic E-state index is 5.78. The lowest BCUT2D eigenvalue weighted by atomic mass is 10.1. The Morgan fingerprint density at radius 1 is 1.22 bits per heavy atom. The van der Waals surface area contributed by atoms with Crippen molar-refractivity contribution < 1.29 is 0 Å². The van der Waals surface area contributed by atoms with Gasteiger partial charge in [0, 0.05) is 19.1 Å². The molecule has 1 aliphatic heterocycles. The summed E-state index contributed by atoms with van der Waals surface area (Å²) in [7, 11) is 0. The van der Waals surface area contributed by atoms with Crippen LogP contribution in [0.15, 0.2) is 4.99 Å². The van der Waals surface area contributed by atoms with E-state index in [1.54, 1.807) is 0 Å². The number of aliphatic imine (C=N–C) groups is 1. The third-order valence-corrected chi connectivity index (χ3v) is 3.03. The van der Waals surface area contributed by atoms with Crippen molar-refractivity contribution in [1.82, 2.24) is 10.2 Å². The van der Waals surface area contributed by atoms with Gasteiger partial charge in [0.2, 0.25) is 0 Å². The van der Waals surface area contributed by atoms with E-state index in [0.29, 0.717) is 17.9 Å². The zero-order valence-corrected chi connectivity index (χ0v) is 14.3. The van der Waals surface area contributed by atoms with Gasteiger partial charge in [0.25, 0.3) is 0 Å². The molecule has 0 radical (unpaired) electrons. The van der Waals surface area contributed by atoms with E-state index in [9.17, 15) is 0 Å². The molecule has 0 aromatic carbocycles. The summed E-state index contributed by atoms with van der Waals surface area (Å²) >= 11 is 0. The van der Waals surface area contributed by atoms with Crippen LogP contribution in [-0.2, 0) is 0 Å². The Balaban J connectivity index is 0.00000289. The molecule has 0 bridgehead atoms. The molecule has 1 heterocycles. The number of nitrogens with zero attached hydrogens (tertiary/aromatic N) is 2. The van der Waals surface area contributed by atoms with Crippen molar-refractivity contribution >= 4 is 29.9 Å². The molecule has 0 spiro atoms. The van der Waals surface area contributed by atoms with Gasteiger partial charge in [-0.3, -0.25) is 4.99 Å². The van der Waals surface area contributed by atoms with Crippen LogP contribution in [0.2, 0.25) is 0 Å². The summed E-state index contributed by atoms with van der Waals surface area (Å²) in [5, 5.41) is 3.12. The van der Waals surface area contributed by atoms with Crippen LogP contribution < -0.4 is 11.1 Å². The van der Waals surface area contributed by atoms with Crippen molar-refractivity contribution in [3.05, 3.63) is 0 Å². The van der Waals surface area contributed by atoms with Crippen molar-refractivity contribution in [2.24, 2.45) is 16.6 Å². The average molecular weight is 368 g/mol. The molecule has 1 aliphatic rings. The average Bonchev–Trinajstić information content (AvgIpc) is 2.27. The molecular formula is C13H29IN4. The first-order valence-electron chi connectivity index (χ1n) is 6.86. The molecule has 1 fully saturated rings. The van der Waals surface area contributed by atoms with Crippen LogP contribution in [0.4, 0.5) is 0 Å². The van der Waals surface area contributed by atoms with Crippen molar-refractivity contribution in [3.63, 3.8) is 0 Å². The monoisotopic (exact) mass is 368 g/mol. The first kappa shape index (κ1) is 18.0. The quantitative estimate of drug-likeness (QED) is 0.444. The van der Waals surface area contributed by atoms with Gasteiger partial charge in [-0.05, 0) is 45.7 Å². The molecule has 1 rings (SSSR count). The highest BCUT2D eigenvalue weighted by molar-refractivity contribution is 14.0. The molecule has 108 valence electrons. The van der Waals surface area contributed by atoms with Gasteiger partial charge in [-0.25, -0.2) is 0 Å². The molecule has 0 aromatic heterocycles.